The molecule has 3 aromatic rings. The summed E-state index contributed by atoms with van der Waals surface area (Å²) in [7, 11) is 0. The number of hydrogen-bond acceptors (Lipinski definition) is 3. The third kappa shape index (κ3) is 7.28. The summed E-state index contributed by atoms with van der Waals surface area (Å²) in [5, 5.41) is 6.94. The van der Waals surface area contributed by atoms with E-state index in [1.54, 1.807) is 0 Å². The molecule has 5 nitrogen and oxygen atoms in total. The largest absolute Gasteiger partial charge is 0.357 e. The van der Waals surface area contributed by atoms with Crippen molar-refractivity contribution in [3.05, 3.63) is 84.4 Å². The number of rotatable bonds is 9. The Kier molecular flexibility index (Phi) is 8.83. The number of guanidine groups is 1. The molecule has 0 radical (unpaired) electrons. The third-order valence-electron chi connectivity index (χ3n) is 5.17. The highest BCUT2D eigenvalue weighted by Gasteiger charge is 2.43. The molecule has 0 bridgehead atoms. The van der Waals surface area contributed by atoms with Crippen molar-refractivity contribution in [1.29, 1.82) is 0 Å². The quantitative estimate of drug-likeness (QED) is 0.227. The van der Waals surface area contributed by atoms with Crippen LogP contribution in [0.5, 0.6) is 0 Å². The number of nitrogens with zero attached hydrogens (tertiary/aromatic N) is 3. The van der Waals surface area contributed by atoms with E-state index in [2.05, 4.69) is 81.7 Å². The maximum absolute atomic E-state index is 4.80. The van der Waals surface area contributed by atoms with Gasteiger partial charge in [0.2, 0.25) is 0 Å². The molecule has 1 aromatic heterocycles. The van der Waals surface area contributed by atoms with Crippen LogP contribution in [-0.2, 0) is 13.1 Å². The van der Waals surface area contributed by atoms with Crippen molar-refractivity contribution in [2.75, 3.05) is 13.1 Å². The van der Waals surface area contributed by atoms with Gasteiger partial charge in [-0.1, -0.05) is 42.5 Å². The van der Waals surface area contributed by atoms with Crippen LogP contribution in [0.4, 0.5) is 0 Å². The number of thioether (sulfide) groups is 1. The molecule has 0 unspecified atom stereocenters. The number of aliphatic imine (C=N–C) groups is 1. The van der Waals surface area contributed by atoms with Crippen molar-refractivity contribution in [2.24, 2.45) is 4.99 Å². The van der Waals surface area contributed by atoms with Crippen molar-refractivity contribution in [2.45, 2.75) is 42.5 Å². The summed E-state index contributed by atoms with van der Waals surface area (Å²) >= 11 is 1.98. The first-order valence-electron chi connectivity index (χ1n) is 10.5. The van der Waals surface area contributed by atoms with Crippen LogP contribution in [-0.4, -0.2) is 33.3 Å². The predicted octanol–water partition coefficient (Wildman–Crippen LogP) is 4.93. The van der Waals surface area contributed by atoms with E-state index in [4.69, 9.17) is 4.99 Å². The molecule has 164 valence electrons. The van der Waals surface area contributed by atoms with Crippen molar-refractivity contribution in [3.63, 3.8) is 0 Å². The summed E-state index contributed by atoms with van der Waals surface area (Å²) < 4.78 is 2.37. The minimum atomic E-state index is 0. The summed E-state index contributed by atoms with van der Waals surface area (Å²) in [6, 6.07) is 19.3. The monoisotopic (exact) mass is 547 g/mol. The summed E-state index contributed by atoms with van der Waals surface area (Å²) in [4.78, 5) is 10.2. The Labute approximate surface area is 206 Å². The van der Waals surface area contributed by atoms with Crippen LogP contribution in [0.3, 0.4) is 0 Å². The van der Waals surface area contributed by atoms with E-state index in [-0.39, 0.29) is 24.0 Å². The van der Waals surface area contributed by atoms with E-state index in [1.165, 1.54) is 28.9 Å². The summed E-state index contributed by atoms with van der Waals surface area (Å²) in [6.45, 7) is 5.40. The molecule has 2 aromatic carbocycles. The van der Waals surface area contributed by atoms with Gasteiger partial charge in [-0.15, -0.1) is 35.7 Å². The van der Waals surface area contributed by atoms with Gasteiger partial charge in [-0.25, -0.2) is 9.98 Å². The first kappa shape index (κ1) is 23.7. The fourth-order valence-electron chi connectivity index (χ4n) is 3.29. The minimum absolute atomic E-state index is 0. The van der Waals surface area contributed by atoms with Crippen LogP contribution < -0.4 is 10.6 Å². The Bertz CT molecular complexity index is 938. The van der Waals surface area contributed by atoms with E-state index < -0.39 is 0 Å². The maximum atomic E-state index is 4.80. The van der Waals surface area contributed by atoms with Gasteiger partial charge in [0.25, 0.3) is 0 Å². The molecule has 2 N–H and O–H groups in total. The molecule has 0 saturated heterocycles. The number of imidazole rings is 1. The lowest BCUT2D eigenvalue weighted by molar-refractivity contribution is 0.769. The molecule has 1 heterocycles. The molecule has 1 aliphatic rings. The fraction of sp³-hybridized carbons (Fsp3) is 0.333. The van der Waals surface area contributed by atoms with Gasteiger partial charge in [-0.3, -0.25) is 0 Å². The first-order valence-corrected chi connectivity index (χ1v) is 11.4. The second kappa shape index (κ2) is 11.6. The SMILES string of the molecule is CCNC(=NCc1ccc(Cn2ccnc2)cc1)NCC1(Sc2ccccc2)CC1.I. The Morgan fingerprint density at radius 1 is 1.06 bits per heavy atom. The van der Waals surface area contributed by atoms with Gasteiger partial charge in [-0.2, -0.15) is 0 Å². The third-order valence-corrected chi connectivity index (χ3v) is 6.67. The summed E-state index contributed by atoms with van der Waals surface area (Å²) in [6.07, 6.45) is 8.13. The molecule has 31 heavy (non-hydrogen) atoms. The average molecular weight is 548 g/mol. The van der Waals surface area contributed by atoms with E-state index in [0.717, 1.165) is 25.6 Å². The van der Waals surface area contributed by atoms with Crippen molar-refractivity contribution in [3.8, 4) is 0 Å². The molecule has 7 heteroatoms. The average Bonchev–Trinajstić information content (AvgIpc) is 3.34. The van der Waals surface area contributed by atoms with Crippen molar-refractivity contribution >= 4 is 41.7 Å². The van der Waals surface area contributed by atoms with Gasteiger partial charge in [0.05, 0.1) is 12.9 Å². The molecule has 1 aliphatic carbocycles. The number of nitrogens with one attached hydrogen (secondary N) is 2. The van der Waals surface area contributed by atoms with Crippen LogP contribution in [0.1, 0.15) is 30.9 Å². The Hall–Kier alpha value is -2.00. The topological polar surface area (TPSA) is 54.2 Å². The number of hydrogen-bond donors (Lipinski definition) is 2. The highest BCUT2D eigenvalue weighted by atomic mass is 127. The van der Waals surface area contributed by atoms with Gasteiger partial charge in [0, 0.05) is 41.7 Å². The lowest BCUT2D eigenvalue weighted by Crippen LogP contribution is -2.41. The summed E-state index contributed by atoms with van der Waals surface area (Å²) in [5.41, 5.74) is 2.47. The molecule has 1 saturated carbocycles. The molecular weight excluding hydrogens is 517 g/mol. The molecular formula is C24H30IN5S. The smallest absolute Gasteiger partial charge is 0.191 e. The zero-order valence-electron chi connectivity index (χ0n) is 17.8. The van der Waals surface area contributed by atoms with Gasteiger partial charge in [-0.05, 0) is 43.0 Å². The second-order valence-corrected chi connectivity index (χ2v) is 9.24. The maximum Gasteiger partial charge on any atom is 0.191 e. The second-order valence-electron chi connectivity index (χ2n) is 7.70. The van der Waals surface area contributed by atoms with E-state index in [9.17, 15) is 0 Å². The zero-order chi connectivity index (χ0) is 20.7. The van der Waals surface area contributed by atoms with Gasteiger partial charge in [0.1, 0.15) is 0 Å². The van der Waals surface area contributed by atoms with Crippen LogP contribution in [0.15, 0.2) is 83.2 Å². The highest BCUT2D eigenvalue weighted by Crippen LogP contribution is 2.51. The minimum Gasteiger partial charge on any atom is -0.357 e. The molecule has 4 rings (SSSR count). The highest BCUT2D eigenvalue weighted by molar-refractivity contribution is 14.0. The van der Waals surface area contributed by atoms with Crippen molar-refractivity contribution in [1.82, 2.24) is 20.2 Å². The van der Waals surface area contributed by atoms with Gasteiger partial charge in [0.15, 0.2) is 5.96 Å². The number of benzene rings is 2. The van der Waals surface area contributed by atoms with Crippen molar-refractivity contribution < 1.29 is 0 Å². The number of aromatic nitrogens is 2. The molecule has 0 spiro atoms. The zero-order valence-corrected chi connectivity index (χ0v) is 21.0. The normalized spacial score (nSPS) is 14.5. The van der Waals surface area contributed by atoms with Crippen LogP contribution in [0.2, 0.25) is 0 Å². The standard InChI is InChI=1S/C24H29N5S.HI/c1-2-26-23(28-18-24(12-13-24)30-22-6-4-3-5-7-22)27-16-20-8-10-21(11-9-20)17-29-15-14-25-19-29;/h3-11,14-15,19H,2,12-13,16-18H2,1H3,(H2,26,27,28);1H. The van der Waals surface area contributed by atoms with Crippen LogP contribution in [0.25, 0.3) is 0 Å². The fourth-order valence-corrected chi connectivity index (χ4v) is 4.53. The van der Waals surface area contributed by atoms with E-state index in [1.807, 2.05) is 30.5 Å². The van der Waals surface area contributed by atoms with Gasteiger partial charge < -0.3 is 15.2 Å². The molecule has 0 aliphatic heterocycles. The Morgan fingerprint density at radius 3 is 2.45 bits per heavy atom. The predicted molar refractivity (Wildman–Crippen MR) is 140 cm³/mol. The van der Waals surface area contributed by atoms with E-state index in [0.29, 0.717) is 11.3 Å². The van der Waals surface area contributed by atoms with E-state index >= 15 is 0 Å². The van der Waals surface area contributed by atoms with Crippen LogP contribution >= 0.6 is 35.7 Å². The van der Waals surface area contributed by atoms with Crippen LogP contribution in [0, 0.1) is 0 Å². The lowest BCUT2D eigenvalue weighted by atomic mass is 10.1. The summed E-state index contributed by atoms with van der Waals surface area (Å²) in [5.74, 6) is 0.889. The molecule has 1 fully saturated rings. The molecule has 0 atom stereocenters. The van der Waals surface area contributed by atoms with Gasteiger partial charge >= 0.3 is 0 Å². The lowest BCUT2D eigenvalue weighted by Gasteiger charge is -2.18. The number of halogens is 1. The first-order chi connectivity index (χ1) is 14.7. The Morgan fingerprint density at radius 2 is 1.81 bits per heavy atom. The Balaban J connectivity index is 0.00000272. The molecule has 0 amide bonds.